The Morgan fingerprint density at radius 3 is 2.74 bits per heavy atom. The summed E-state index contributed by atoms with van der Waals surface area (Å²) < 4.78 is 19.3. The van der Waals surface area contributed by atoms with Crippen LogP contribution in [0.2, 0.25) is 0 Å². The molecular formula is C30H32FN5O2S. The number of amides is 1. The highest BCUT2D eigenvalue weighted by Crippen LogP contribution is 2.38. The summed E-state index contributed by atoms with van der Waals surface area (Å²) in [7, 11) is 3.96. The van der Waals surface area contributed by atoms with Gasteiger partial charge in [-0.1, -0.05) is 48.5 Å². The van der Waals surface area contributed by atoms with Gasteiger partial charge in [-0.15, -0.1) is 11.3 Å². The molecule has 2 aromatic carbocycles. The van der Waals surface area contributed by atoms with Crippen molar-refractivity contribution >= 4 is 33.3 Å². The Morgan fingerprint density at radius 2 is 1.97 bits per heavy atom. The second kappa shape index (κ2) is 12.5. The zero-order valence-electron chi connectivity index (χ0n) is 22.1. The molecule has 0 radical (unpaired) electrons. The van der Waals surface area contributed by atoms with E-state index in [-0.39, 0.29) is 17.8 Å². The molecular weight excluding hydrogens is 513 g/mol. The zero-order valence-corrected chi connectivity index (χ0v) is 23.0. The van der Waals surface area contributed by atoms with Crippen molar-refractivity contribution in [1.29, 1.82) is 0 Å². The van der Waals surface area contributed by atoms with Crippen LogP contribution in [0.15, 0.2) is 73.1 Å². The van der Waals surface area contributed by atoms with E-state index < -0.39 is 0 Å². The van der Waals surface area contributed by atoms with Crippen LogP contribution >= 0.6 is 11.3 Å². The quantitative estimate of drug-likeness (QED) is 0.276. The van der Waals surface area contributed by atoms with Crippen LogP contribution in [0.4, 0.5) is 10.2 Å². The minimum atomic E-state index is -0.261. The van der Waals surface area contributed by atoms with Gasteiger partial charge >= 0.3 is 0 Å². The molecule has 1 atom stereocenters. The Morgan fingerprint density at radius 1 is 1.18 bits per heavy atom. The Hall–Kier alpha value is -3.66. The molecule has 5 rings (SSSR count). The van der Waals surface area contributed by atoms with Crippen LogP contribution in [0.3, 0.4) is 0 Å². The molecule has 0 bridgehead atoms. The molecule has 0 saturated carbocycles. The molecule has 3 heterocycles. The number of rotatable bonds is 10. The number of halogens is 1. The maximum absolute atomic E-state index is 13.3. The van der Waals surface area contributed by atoms with E-state index in [1.165, 1.54) is 17.7 Å². The molecule has 0 aliphatic carbocycles. The Kier molecular flexibility index (Phi) is 8.61. The average Bonchev–Trinajstić information content (AvgIpc) is 3.32. The fourth-order valence-electron chi connectivity index (χ4n) is 4.64. The third-order valence-electron chi connectivity index (χ3n) is 6.66. The van der Waals surface area contributed by atoms with E-state index >= 15 is 0 Å². The first-order valence-corrected chi connectivity index (χ1v) is 13.8. The first kappa shape index (κ1) is 26.9. The van der Waals surface area contributed by atoms with Crippen molar-refractivity contribution in [3.63, 3.8) is 0 Å². The van der Waals surface area contributed by atoms with Crippen LogP contribution in [-0.4, -0.2) is 59.5 Å². The third kappa shape index (κ3) is 6.68. The Bertz CT molecular complexity index is 1440. The lowest BCUT2D eigenvalue weighted by atomic mass is 10.0. The number of carbonyl (C=O) groups is 1. The first-order chi connectivity index (χ1) is 19.0. The van der Waals surface area contributed by atoms with Gasteiger partial charge in [0, 0.05) is 24.0 Å². The van der Waals surface area contributed by atoms with Gasteiger partial charge in [0.2, 0.25) is 5.91 Å². The maximum Gasteiger partial charge on any atom is 0.246 e. The second-order valence-corrected chi connectivity index (χ2v) is 10.9. The van der Waals surface area contributed by atoms with Gasteiger partial charge in [-0.05, 0) is 49.3 Å². The molecule has 0 unspecified atom stereocenters. The smallest absolute Gasteiger partial charge is 0.246 e. The summed E-state index contributed by atoms with van der Waals surface area (Å²) in [5.41, 5.74) is 3.20. The van der Waals surface area contributed by atoms with Gasteiger partial charge in [0.25, 0.3) is 0 Å². The number of aromatic nitrogens is 2. The summed E-state index contributed by atoms with van der Waals surface area (Å²) in [6.07, 6.45) is 5.91. The molecule has 4 aromatic rings. The first-order valence-electron chi connectivity index (χ1n) is 13.0. The number of hydrogen-bond acceptors (Lipinski definition) is 7. The SMILES string of the molecule is CN(C)C/C=C/C(=O)N1CCc2c(sc3ncnc(N[C@H](COCc4ccc(F)cc4)c4ccccc4)c23)C1. The van der Waals surface area contributed by atoms with Crippen LogP contribution in [0.5, 0.6) is 0 Å². The summed E-state index contributed by atoms with van der Waals surface area (Å²) in [4.78, 5) is 27.9. The van der Waals surface area contributed by atoms with Crippen LogP contribution < -0.4 is 5.32 Å². The fourth-order valence-corrected chi connectivity index (χ4v) is 5.84. The molecule has 7 nitrogen and oxygen atoms in total. The number of nitrogens with zero attached hydrogens (tertiary/aromatic N) is 4. The van der Waals surface area contributed by atoms with Gasteiger partial charge in [0.15, 0.2) is 0 Å². The topological polar surface area (TPSA) is 70.6 Å². The lowest BCUT2D eigenvalue weighted by molar-refractivity contribution is -0.126. The number of anilines is 1. The molecule has 1 amide bonds. The lowest BCUT2D eigenvalue weighted by Gasteiger charge is -2.26. The van der Waals surface area contributed by atoms with Crippen LogP contribution in [0.1, 0.15) is 27.6 Å². The normalized spacial score (nSPS) is 14.2. The molecule has 9 heteroatoms. The molecule has 1 aliphatic rings. The number of fused-ring (bicyclic) bond motifs is 3. The monoisotopic (exact) mass is 545 g/mol. The Labute approximate surface area is 232 Å². The summed E-state index contributed by atoms with van der Waals surface area (Å²) in [5.74, 6) is 0.539. The van der Waals surface area contributed by atoms with Gasteiger partial charge in [-0.3, -0.25) is 4.79 Å². The van der Waals surface area contributed by atoms with E-state index in [1.54, 1.807) is 35.9 Å². The van der Waals surface area contributed by atoms with Gasteiger partial charge in [-0.25, -0.2) is 14.4 Å². The number of carbonyl (C=O) groups excluding carboxylic acids is 1. The number of thiophene rings is 1. The van der Waals surface area contributed by atoms with Crippen molar-refractivity contribution in [1.82, 2.24) is 19.8 Å². The van der Waals surface area contributed by atoms with Gasteiger partial charge < -0.3 is 19.9 Å². The molecule has 39 heavy (non-hydrogen) atoms. The average molecular weight is 546 g/mol. The van der Waals surface area contributed by atoms with Crippen molar-refractivity contribution in [2.45, 2.75) is 25.6 Å². The van der Waals surface area contributed by atoms with E-state index in [4.69, 9.17) is 4.74 Å². The van der Waals surface area contributed by atoms with E-state index in [0.29, 0.717) is 26.3 Å². The molecule has 1 N–H and O–H groups in total. The summed E-state index contributed by atoms with van der Waals surface area (Å²) >= 11 is 1.62. The molecule has 1 aliphatic heterocycles. The molecule has 202 valence electrons. The number of benzene rings is 2. The van der Waals surface area contributed by atoms with E-state index in [2.05, 4.69) is 27.4 Å². The molecule has 0 fully saturated rings. The van der Waals surface area contributed by atoms with Crippen LogP contribution in [0.25, 0.3) is 10.2 Å². The summed E-state index contributed by atoms with van der Waals surface area (Å²) in [6.45, 7) is 2.74. The van der Waals surface area contributed by atoms with Gasteiger partial charge in [-0.2, -0.15) is 0 Å². The highest BCUT2D eigenvalue weighted by atomic mass is 32.1. The van der Waals surface area contributed by atoms with Crippen LogP contribution in [-0.2, 0) is 29.1 Å². The zero-order chi connectivity index (χ0) is 27.2. The van der Waals surface area contributed by atoms with Crippen LogP contribution in [0, 0.1) is 5.82 Å². The van der Waals surface area contributed by atoms with E-state index in [9.17, 15) is 9.18 Å². The number of nitrogens with one attached hydrogen (secondary N) is 1. The van der Waals surface area contributed by atoms with Gasteiger partial charge in [0.05, 0.1) is 31.2 Å². The largest absolute Gasteiger partial charge is 0.374 e. The number of likely N-dealkylation sites (N-methyl/N-ethyl adjacent to an activating group) is 1. The fraction of sp³-hybridized carbons (Fsp3) is 0.300. The second-order valence-electron chi connectivity index (χ2n) is 9.83. The molecule has 0 spiro atoms. The lowest BCUT2D eigenvalue weighted by Crippen LogP contribution is -2.34. The number of ether oxygens (including phenoxy) is 1. The predicted octanol–water partition coefficient (Wildman–Crippen LogP) is 5.20. The van der Waals surface area contributed by atoms with Gasteiger partial charge in [0.1, 0.15) is 22.8 Å². The highest BCUT2D eigenvalue weighted by molar-refractivity contribution is 7.19. The minimum Gasteiger partial charge on any atom is -0.374 e. The van der Waals surface area contributed by atoms with Crippen molar-refractivity contribution < 1.29 is 13.9 Å². The predicted molar refractivity (Wildman–Crippen MR) is 153 cm³/mol. The third-order valence-corrected chi connectivity index (χ3v) is 7.78. The Balaban J connectivity index is 1.35. The standard InChI is InChI=1S/C30H32FN5O2S/c1-35(2)15-6-9-27(37)36-16-14-24-26(17-36)39-30-28(24)29(32-20-33-30)34-25(22-7-4-3-5-8-22)19-38-18-21-10-12-23(31)13-11-21/h3-13,20,25H,14-19H2,1-2H3,(H,32,33,34)/b9-6+/t25-/m1/s1. The maximum atomic E-state index is 13.3. The van der Waals surface area contributed by atoms with Crippen molar-refractivity contribution in [3.8, 4) is 0 Å². The number of hydrogen-bond donors (Lipinski definition) is 1. The van der Waals surface area contributed by atoms with E-state index in [0.717, 1.165) is 45.0 Å². The summed E-state index contributed by atoms with van der Waals surface area (Å²) in [6, 6.07) is 16.3. The van der Waals surface area contributed by atoms with Crippen molar-refractivity contribution in [3.05, 3.63) is 100 Å². The van der Waals surface area contributed by atoms with Crippen molar-refractivity contribution in [2.75, 3.05) is 39.1 Å². The highest BCUT2D eigenvalue weighted by Gasteiger charge is 2.26. The minimum absolute atomic E-state index is 0.0341. The molecule has 0 saturated heterocycles. The molecule has 2 aromatic heterocycles. The summed E-state index contributed by atoms with van der Waals surface area (Å²) in [5, 5.41) is 4.64. The van der Waals surface area contributed by atoms with Crippen molar-refractivity contribution in [2.24, 2.45) is 0 Å². The van der Waals surface area contributed by atoms with E-state index in [1.807, 2.05) is 48.2 Å².